The maximum Gasteiger partial charge on any atom is 0.292 e. The summed E-state index contributed by atoms with van der Waals surface area (Å²) in [6.07, 6.45) is -0.451. The van der Waals surface area contributed by atoms with Gasteiger partial charge in [0.15, 0.2) is 0 Å². The van der Waals surface area contributed by atoms with E-state index in [-0.39, 0.29) is 36.5 Å². The molecule has 23 heavy (non-hydrogen) atoms. The molecule has 0 aliphatic carbocycles. The molecule has 1 aliphatic heterocycles. The molecule has 1 aromatic rings. The van der Waals surface area contributed by atoms with E-state index in [2.05, 4.69) is 10.6 Å². The number of nitro benzene ring substituents is 1. The third kappa shape index (κ3) is 5.05. The number of nitrogens with zero attached hydrogens (tertiary/aromatic N) is 2. The quantitative estimate of drug-likeness (QED) is 0.501. The van der Waals surface area contributed by atoms with Gasteiger partial charge in [-0.1, -0.05) is 12.1 Å². The first-order valence-corrected chi connectivity index (χ1v) is 7.09. The topological polar surface area (TPSA) is 108 Å². The molecule has 0 spiro atoms. The van der Waals surface area contributed by atoms with Crippen LogP contribution >= 0.6 is 12.4 Å². The summed E-state index contributed by atoms with van der Waals surface area (Å²) in [6, 6.07) is 6.29. The van der Waals surface area contributed by atoms with Gasteiger partial charge in [-0.25, -0.2) is 0 Å². The summed E-state index contributed by atoms with van der Waals surface area (Å²) in [4.78, 5) is 24.0. The second kappa shape index (κ2) is 8.66. The lowest BCUT2D eigenvalue weighted by molar-refractivity contribution is -0.384. The zero-order valence-corrected chi connectivity index (χ0v) is 13.6. The largest absolute Gasteiger partial charge is 0.391 e. The molecule has 0 aromatic heterocycles. The summed E-state index contributed by atoms with van der Waals surface area (Å²) in [5.74, 6) is -0.236. The monoisotopic (exact) mass is 344 g/mol. The molecule has 0 radical (unpaired) electrons. The summed E-state index contributed by atoms with van der Waals surface area (Å²) in [5.41, 5.74) is 0.360. The van der Waals surface area contributed by atoms with Gasteiger partial charge in [-0.15, -0.1) is 12.4 Å². The molecular formula is C14H21ClN4O4. The first-order chi connectivity index (χ1) is 10.5. The number of aliphatic hydroxyl groups excluding tert-OH is 1. The third-order valence-electron chi connectivity index (χ3n) is 3.74. The first kappa shape index (κ1) is 19.1. The number of anilines is 1. The normalized spacial score (nSPS) is 19.7. The van der Waals surface area contributed by atoms with Crippen LogP contribution in [0, 0.1) is 16.0 Å². The fourth-order valence-corrected chi connectivity index (χ4v) is 2.47. The van der Waals surface area contributed by atoms with E-state index in [9.17, 15) is 20.0 Å². The van der Waals surface area contributed by atoms with Gasteiger partial charge in [0.2, 0.25) is 5.91 Å². The molecule has 2 atom stereocenters. The number of β-amino-alcohol motifs (C(OH)–C–C–N with tert-alkyl or cyclic N) is 1. The average Bonchev–Trinajstić information content (AvgIpc) is 2.90. The Bertz CT molecular complexity index is 557. The molecular weight excluding hydrogens is 324 g/mol. The van der Waals surface area contributed by atoms with Crippen molar-refractivity contribution in [2.45, 2.75) is 6.10 Å². The van der Waals surface area contributed by atoms with Crippen molar-refractivity contribution >= 4 is 29.7 Å². The number of hydrogen-bond acceptors (Lipinski definition) is 6. The van der Waals surface area contributed by atoms with E-state index < -0.39 is 11.0 Å². The van der Waals surface area contributed by atoms with E-state index in [1.807, 2.05) is 0 Å². The maximum atomic E-state index is 11.9. The van der Waals surface area contributed by atoms with Crippen molar-refractivity contribution in [3.63, 3.8) is 0 Å². The number of nitro groups is 1. The summed E-state index contributed by atoms with van der Waals surface area (Å²) in [6.45, 7) is 1.61. The van der Waals surface area contributed by atoms with Gasteiger partial charge < -0.3 is 20.6 Å². The Morgan fingerprint density at radius 1 is 1.48 bits per heavy atom. The number of carbonyl (C=O) groups is 1. The average molecular weight is 345 g/mol. The zero-order chi connectivity index (χ0) is 16.1. The Hall–Kier alpha value is -1.90. The number of hydrogen-bond donors (Lipinski definition) is 3. The number of nitrogens with one attached hydrogen (secondary N) is 2. The fraction of sp³-hybridized carbons (Fsp3) is 0.500. The lowest BCUT2D eigenvalue weighted by Gasteiger charge is -2.20. The minimum atomic E-state index is -0.468. The molecule has 1 amide bonds. The van der Waals surface area contributed by atoms with Gasteiger partial charge in [-0.2, -0.15) is 0 Å². The highest BCUT2D eigenvalue weighted by Gasteiger charge is 2.25. The molecule has 3 N–H and O–H groups in total. The van der Waals surface area contributed by atoms with Crippen LogP contribution in [0.1, 0.15) is 0 Å². The number of rotatable bonds is 6. The fourth-order valence-electron chi connectivity index (χ4n) is 2.47. The third-order valence-corrected chi connectivity index (χ3v) is 3.74. The predicted molar refractivity (Wildman–Crippen MR) is 89.0 cm³/mol. The van der Waals surface area contributed by atoms with Crippen molar-refractivity contribution in [1.29, 1.82) is 0 Å². The number of aliphatic hydroxyl groups is 1. The summed E-state index contributed by atoms with van der Waals surface area (Å²) >= 11 is 0. The van der Waals surface area contributed by atoms with E-state index in [0.717, 1.165) is 0 Å². The first-order valence-electron chi connectivity index (χ1n) is 7.09. The number of halogens is 1. The Balaban J connectivity index is 0.00000264. The van der Waals surface area contributed by atoms with Crippen LogP contribution in [0.4, 0.5) is 11.4 Å². The van der Waals surface area contributed by atoms with Crippen molar-refractivity contribution in [3.05, 3.63) is 34.4 Å². The minimum absolute atomic E-state index is 0. The van der Waals surface area contributed by atoms with Gasteiger partial charge in [0, 0.05) is 38.7 Å². The number of carbonyl (C=O) groups excluding carboxylic acids is 1. The Morgan fingerprint density at radius 2 is 2.17 bits per heavy atom. The van der Waals surface area contributed by atoms with E-state index in [1.165, 1.54) is 11.0 Å². The van der Waals surface area contributed by atoms with Gasteiger partial charge in [0.05, 0.1) is 17.6 Å². The predicted octanol–water partition coefficient (Wildman–Crippen LogP) is 0.149. The lowest BCUT2D eigenvalue weighted by atomic mass is 10.1. The van der Waals surface area contributed by atoms with Crippen LogP contribution < -0.4 is 15.5 Å². The smallest absolute Gasteiger partial charge is 0.292 e. The molecule has 8 nitrogen and oxygen atoms in total. The highest BCUT2D eigenvalue weighted by Crippen LogP contribution is 2.26. The Morgan fingerprint density at radius 3 is 2.78 bits per heavy atom. The molecule has 9 heteroatoms. The number of amides is 1. The second-order valence-corrected chi connectivity index (χ2v) is 5.39. The van der Waals surface area contributed by atoms with Gasteiger partial charge in [-0.05, 0) is 6.07 Å². The number of likely N-dealkylation sites (N-methyl/N-ethyl adjacent to an activating group) is 1. The molecule has 1 aromatic carbocycles. The van der Waals surface area contributed by atoms with Crippen LogP contribution in [0.25, 0.3) is 0 Å². The zero-order valence-electron chi connectivity index (χ0n) is 12.8. The molecule has 0 bridgehead atoms. The molecule has 1 fully saturated rings. The van der Waals surface area contributed by atoms with E-state index >= 15 is 0 Å². The summed E-state index contributed by atoms with van der Waals surface area (Å²) in [7, 11) is 1.63. The molecule has 1 saturated heterocycles. The summed E-state index contributed by atoms with van der Waals surface area (Å²) < 4.78 is 0. The van der Waals surface area contributed by atoms with E-state index in [1.54, 1.807) is 25.2 Å². The van der Waals surface area contributed by atoms with Crippen LogP contribution in [0.5, 0.6) is 0 Å². The minimum Gasteiger partial charge on any atom is -0.391 e. The van der Waals surface area contributed by atoms with Gasteiger partial charge in [-0.3, -0.25) is 14.9 Å². The van der Waals surface area contributed by atoms with Crippen LogP contribution in [0.3, 0.4) is 0 Å². The van der Waals surface area contributed by atoms with E-state index in [4.69, 9.17) is 0 Å². The Kier molecular flexibility index (Phi) is 7.21. The number of benzene rings is 1. The molecule has 1 aliphatic rings. The maximum absolute atomic E-state index is 11.9. The summed E-state index contributed by atoms with van der Waals surface area (Å²) in [5, 5.41) is 26.5. The lowest BCUT2D eigenvalue weighted by Crippen LogP contribution is -2.40. The molecule has 128 valence electrons. The highest BCUT2D eigenvalue weighted by molar-refractivity contribution is 5.85. The van der Waals surface area contributed by atoms with Gasteiger partial charge in [0.1, 0.15) is 5.69 Å². The number of para-hydroxylation sites is 2. The SMILES string of the molecule is CN(CC(=O)NCC1CNCC1O)c1ccccc1[N+](=O)[O-].Cl. The molecule has 1 heterocycles. The van der Waals surface area contributed by atoms with Crippen molar-refractivity contribution < 1.29 is 14.8 Å². The molecule has 2 unspecified atom stereocenters. The van der Waals surface area contributed by atoms with Crippen molar-refractivity contribution in [3.8, 4) is 0 Å². The Labute approximate surface area is 140 Å². The highest BCUT2D eigenvalue weighted by atomic mass is 35.5. The van der Waals surface area contributed by atoms with Crippen LogP contribution in [-0.2, 0) is 4.79 Å². The van der Waals surface area contributed by atoms with Crippen molar-refractivity contribution in [2.75, 3.05) is 38.1 Å². The van der Waals surface area contributed by atoms with Crippen molar-refractivity contribution in [1.82, 2.24) is 10.6 Å². The van der Waals surface area contributed by atoms with Crippen LogP contribution in [-0.4, -0.2) is 55.3 Å². The second-order valence-electron chi connectivity index (χ2n) is 5.39. The molecule has 2 rings (SSSR count). The van der Waals surface area contributed by atoms with Crippen LogP contribution in [0.15, 0.2) is 24.3 Å². The van der Waals surface area contributed by atoms with Crippen LogP contribution in [0.2, 0.25) is 0 Å². The van der Waals surface area contributed by atoms with Gasteiger partial charge >= 0.3 is 0 Å². The standard InChI is InChI=1S/C14H20N4O4.ClH/c1-17(11-4-2-3-5-12(11)18(21)22)9-14(20)16-7-10-6-15-8-13(10)19;/h2-5,10,13,15,19H,6-9H2,1H3,(H,16,20);1H. The van der Waals surface area contributed by atoms with Crippen molar-refractivity contribution in [2.24, 2.45) is 5.92 Å². The molecule has 0 saturated carbocycles. The van der Waals surface area contributed by atoms with E-state index in [0.29, 0.717) is 25.3 Å². The van der Waals surface area contributed by atoms with Gasteiger partial charge in [0.25, 0.3) is 5.69 Å².